The topological polar surface area (TPSA) is 68.0 Å². The van der Waals surface area contributed by atoms with E-state index < -0.39 is 0 Å². The maximum atomic E-state index is 11.4. The lowest BCUT2D eigenvalue weighted by molar-refractivity contribution is 0.0948. The molecule has 1 rings (SSSR count). The fourth-order valence-electron chi connectivity index (χ4n) is 1.04. The number of unbranched alkanes of at least 4 members (excludes halogenated alkanes) is 1. The van der Waals surface area contributed by atoms with E-state index in [4.69, 9.17) is 5.73 Å². The lowest BCUT2D eigenvalue weighted by atomic mass is 10.3. The SMILES string of the molecule is CCCCNC(=O)c1cc(N)ccn1. The second kappa shape index (κ2) is 5.21. The fourth-order valence-corrected chi connectivity index (χ4v) is 1.04. The van der Waals surface area contributed by atoms with E-state index in [1.54, 1.807) is 12.1 Å². The number of hydrogen-bond acceptors (Lipinski definition) is 3. The minimum Gasteiger partial charge on any atom is -0.399 e. The van der Waals surface area contributed by atoms with E-state index in [9.17, 15) is 4.79 Å². The van der Waals surface area contributed by atoms with E-state index in [1.807, 2.05) is 0 Å². The fraction of sp³-hybridized carbons (Fsp3) is 0.400. The van der Waals surface area contributed by atoms with Gasteiger partial charge in [0.2, 0.25) is 0 Å². The predicted octanol–water partition coefficient (Wildman–Crippen LogP) is 1.19. The molecule has 4 heteroatoms. The predicted molar refractivity (Wildman–Crippen MR) is 55.9 cm³/mol. The Kier molecular flexibility index (Phi) is 3.91. The minimum absolute atomic E-state index is 0.161. The Morgan fingerprint density at radius 2 is 2.43 bits per heavy atom. The zero-order chi connectivity index (χ0) is 10.4. The number of pyridine rings is 1. The summed E-state index contributed by atoms with van der Waals surface area (Å²) < 4.78 is 0. The van der Waals surface area contributed by atoms with Crippen LogP contribution >= 0.6 is 0 Å². The number of nitrogen functional groups attached to an aromatic ring is 1. The number of aromatic nitrogens is 1. The van der Waals surface area contributed by atoms with Crippen LogP contribution in [0.1, 0.15) is 30.3 Å². The van der Waals surface area contributed by atoms with Crippen LogP contribution in [0, 0.1) is 0 Å². The first kappa shape index (κ1) is 10.5. The van der Waals surface area contributed by atoms with Gasteiger partial charge in [0.1, 0.15) is 5.69 Å². The maximum Gasteiger partial charge on any atom is 0.269 e. The standard InChI is InChI=1S/C10H15N3O/c1-2-3-5-13-10(14)9-7-8(11)4-6-12-9/h4,6-7H,2-3,5H2,1H3,(H2,11,12)(H,13,14). The molecule has 0 spiro atoms. The van der Waals surface area contributed by atoms with Gasteiger partial charge in [0, 0.05) is 18.4 Å². The summed E-state index contributed by atoms with van der Waals surface area (Å²) in [6.45, 7) is 2.76. The van der Waals surface area contributed by atoms with E-state index in [1.165, 1.54) is 6.20 Å². The van der Waals surface area contributed by atoms with Crippen molar-refractivity contribution in [3.63, 3.8) is 0 Å². The van der Waals surface area contributed by atoms with E-state index >= 15 is 0 Å². The van der Waals surface area contributed by atoms with Gasteiger partial charge < -0.3 is 11.1 Å². The maximum absolute atomic E-state index is 11.4. The zero-order valence-electron chi connectivity index (χ0n) is 8.29. The number of rotatable bonds is 4. The van der Waals surface area contributed by atoms with Crippen LogP contribution in [0.5, 0.6) is 0 Å². The molecule has 3 N–H and O–H groups in total. The number of carbonyl (C=O) groups excluding carboxylic acids is 1. The van der Waals surface area contributed by atoms with Gasteiger partial charge in [0.25, 0.3) is 5.91 Å². The Balaban J connectivity index is 2.52. The van der Waals surface area contributed by atoms with E-state index in [2.05, 4.69) is 17.2 Å². The van der Waals surface area contributed by atoms with Crippen LogP contribution in [0.4, 0.5) is 5.69 Å². The molecule has 14 heavy (non-hydrogen) atoms. The van der Waals surface area contributed by atoms with Crippen LogP contribution in [-0.4, -0.2) is 17.4 Å². The van der Waals surface area contributed by atoms with Gasteiger partial charge in [0.05, 0.1) is 0 Å². The Morgan fingerprint density at radius 1 is 1.64 bits per heavy atom. The summed E-state index contributed by atoms with van der Waals surface area (Å²) in [6, 6.07) is 3.23. The quantitative estimate of drug-likeness (QED) is 0.706. The van der Waals surface area contributed by atoms with Crippen LogP contribution in [0.3, 0.4) is 0 Å². The summed E-state index contributed by atoms with van der Waals surface area (Å²) >= 11 is 0. The molecule has 0 unspecified atom stereocenters. The molecule has 4 nitrogen and oxygen atoms in total. The van der Waals surface area contributed by atoms with Crippen molar-refractivity contribution < 1.29 is 4.79 Å². The van der Waals surface area contributed by atoms with Gasteiger partial charge in [-0.3, -0.25) is 9.78 Å². The number of nitrogens with one attached hydrogen (secondary N) is 1. The zero-order valence-corrected chi connectivity index (χ0v) is 8.29. The molecule has 0 saturated heterocycles. The third-order valence-electron chi connectivity index (χ3n) is 1.83. The summed E-state index contributed by atoms with van der Waals surface area (Å²) in [6.07, 6.45) is 3.57. The Hall–Kier alpha value is -1.58. The Morgan fingerprint density at radius 3 is 3.07 bits per heavy atom. The number of nitrogens with two attached hydrogens (primary N) is 1. The van der Waals surface area contributed by atoms with Gasteiger partial charge in [-0.1, -0.05) is 13.3 Å². The first-order valence-electron chi connectivity index (χ1n) is 4.73. The number of nitrogens with zero attached hydrogens (tertiary/aromatic N) is 1. The third kappa shape index (κ3) is 3.05. The molecule has 1 aromatic heterocycles. The number of amides is 1. The summed E-state index contributed by atoms with van der Waals surface area (Å²) in [4.78, 5) is 15.4. The highest BCUT2D eigenvalue weighted by atomic mass is 16.1. The number of carbonyl (C=O) groups is 1. The normalized spacial score (nSPS) is 9.79. The Labute approximate surface area is 83.5 Å². The molecule has 76 valence electrons. The largest absolute Gasteiger partial charge is 0.399 e. The lowest BCUT2D eigenvalue weighted by Crippen LogP contribution is -2.25. The van der Waals surface area contributed by atoms with Crippen molar-refractivity contribution in [3.05, 3.63) is 24.0 Å². The van der Waals surface area contributed by atoms with Crippen LogP contribution < -0.4 is 11.1 Å². The van der Waals surface area contributed by atoms with Gasteiger partial charge in [-0.25, -0.2) is 0 Å². The Bertz CT molecular complexity index is 312. The molecule has 1 amide bonds. The number of hydrogen-bond donors (Lipinski definition) is 2. The first-order valence-corrected chi connectivity index (χ1v) is 4.73. The lowest BCUT2D eigenvalue weighted by Gasteiger charge is -2.03. The van der Waals surface area contributed by atoms with E-state index in [-0.39, 0.29) is 5.91 Å². The third-order valence-corrected chi connectivity index (χ3v) is 1.83. The van der Waals surface area contributed by atoms with Crippen molar-refractivity contribution in [2.24, 2.45) is 0 Å². The van der Waals surface area contributed by atoms with Crippen molar-refractivity contribution in [2.45, 2.75) is 19.8 Å². The smallest absolute Gasteiger partial charge is 0.269 e. The van der Waals surface area contributed by atoms with Crippen LogP contribution in [0.2, 0.25) is 0 Å². The summed E-state index contributed by atoms with van der Waals surface area (Å²) in [5.41, 5.74) is 6.46. The average molecular weight is 193 g/mol. The molecular formula is C10H15N3O. The van der Waals surface area contributed by atoms with E-state index in [0.29, 0.717) is 17.9 Å². The molecule has 0 atom stereocenters. The molecule has 0 aliphatic carbocycles. The monoisotopic (exact) mass is 193 g/mol. The molecule has 0 saturated carbocycles. The van der Waals surface area contributed by atoms with Crippen molar-refractivity contribution in [1.29, 1.82) is 0 Å². The second-order valence-corrected chi connectivity index (χ2v) is 3.08. The average Bonchev–Trinajstić information content (AvgIpc) is 2.18. The van der Waals surface area contributed by atoms with Gasteiger partial charge in [0.15, 0.2) is 0 Å². The highest BCUT2D eigenvalue weighted by molar-refractivity contribution is 5.92. The molecule has 1 heterocycles. The molecule has 0 aliphatic rings. The van der Waals surface area contributed by atoms with Gasteiger partial charge in [-0.05, 0) is 18.6 Å². The minimum atomic E-state index is -0.161. The van der Waals surface area contributed by atoms with E-state index in [0.717, 1.165) is 12.8 Å². The molecular weight excluding hydrogens is 178 g/mol. The summed E-state index contributed by atoms with van der Waals surface area (Å²) in [5, 5.41) is 2.77. The summed E-state index contributed by atoms with van der Waals surface area (Å²) in [7, 11) is 0. The highest BCUT2D eigenvalue weighted by Gasteiger charge is 2.05. The molecule has 1 aromatic rings. The van der Waals surface area contributed by atoms with Crippen molar-refractivity contribution in [1.82, 2.24) is 10.3 Å². The molecule has 0 fully saturated rings. The van der Waals surface area contributed by atoms with Gasteiger partial charge in [-0.15, -0.1) is 0 Å². The van der Waals surface area contributed by atoms with Crippen LogP contribution in [-0.2, 0) is 0 Å². The van der Waals surface area contributed by atoms with Crippen LogP contribution in [0.25, 0.3) is 0 Å². The highest BCUT2D eigenvalue weighted by Crippen LogP contribution is 2.02. The molecule has 0 aliphatic heterocycles. The van der Waals surface area contributed by atoms with Crippen molar-refractivity contribution in [3.8, 4) is 0 Å². The second-order valence-electron chi connectivity index (χ2n) is 3.08. The van der Waals surface area contributed by atoms with Crippen LogP contribution in [0.15, 0.2) is 18.3 Å². The van der Waals surface area contributed by atoms with Gasteiger partial charge >= 0.3 is 0 Å². The van der Waals surface area contributed by atoms with Gasteiger partial charge in [-0.2, -0.15) is 0 Å². The van der Waals surface area contributed by atoms with Crippen molar-refractivity contribution >= 4 is 11.6 Å². The molecule has 0 aromatic carbocycles. The molecule has 0 bridgehead atoms. The first-order chi connectivity index (χ1) is 6.74. The number of anilines is 1. The summed E-state index contributed by atoms with van der Waals surface area (Å²) in [5.74, 6) is -0.161. The van der Waals surface area contributed by atoms with Crippen molar-refractivity contribution in [2.75, 3.05) is 12.3 Å². The molecule has 0 radical (unpaired) electrons.